The Balaban J connectivity index is 2.25. The van der Waals surface area contributed by atoms with E-state index >= 15 is 0 Å². The number of carbonyl (C=O) groups excluding carboxylic acids is 5. The van der Waals surface area contributed by atoms with Crippen molar-refractivity contribution in [2.45, 2.75) is 51.6 Å². The van der Waals surface area contributed by atoms with E-state index in [1.807, 2.05) is 0 Å². The quantitative estimate of drug-likeness (QED) is 0.186. The molecule has 1 saturated heterocycles. The van der Waals surface area contributed by atoms with Gasteiger partial charge in [-0.25, -0.2) is 8.78 Å². The summed E-state index contributed by atoms with van der Waals surface area (Å²) in [4.78, 5) is 61.0. The second-order valence-corrected chi connectivity index (χ2v) is 9.00. The third kappa shape index (κ3) is 8.15. The second-order valence-electron chi connectivity index (χ2n) is 9.00. The van der Waals surface area contributed by atoms with Crippen molar-refractivity contribution < 1.29 is 46.3 Å². The smallest absolute Gasteiger partial charge is 0.309 e. The Kier molecular flexibility index (Phi) is 10.4. The van der Waals surface area contributed by atoms with Crippen molar-refractivity contribution in [3.05, 3.63) is 29.3 Å². The highest BCUT2D eigenvalue weighted by Crippen LogP contribution is 2.27. The minimum atomic E-state index is -1.86. The molecule has 0 unspecified atom stereocenters. The molecule has 37 heavy (non-hydrogen) atoms. The lowest BCUT2D eigenvalue weighted by molar-refractivity contribution is -0.139. The lowest BCUT2D eigenvalue weighted by Gasteiger charge is -2.28. The van der Waals surface area contributed by atoms with Crippen LogP contribution >= 0.6 is 0 Å². The fourth-order valence-corrected chi connectivity index (χ4v) is 3.74. The number of nitrogens with two attached hydrogens (primary N) is 1. The summed E-state index contributed by atoms with van der Waals surface area (Å²) in [5.74, 6) is -14.4. The first kappa shape index (κ1) is 29.5. The Labute approximate surface area is 209 Å². The molecule has 1 aliphatic heterocycles. The highest BCUT2D eigenvalue weighted by molar-refractivity contribution is 6.34. The van der Waals surface area contributed by atoms with Crippen LogP contribution in [0.2, 0.25) is 0 Å². The number of ether oxygens (including phenoxy) is 1. The Morgan fingerprint density at radius 2 is 1.70 bits per heavy atom. The van der Waals surface area contributed by atoms with E-state index in [9.17, 15) is 41.5 Å². The first-order chi connectivity index (χ1) is 17.3. The Hall–Kier alpha value is -3.71. The van der Waals surface area contributed by atoms with E-state index < -0.39 is 77.1 Å². The van der Waals surface area contributed by atoms with Crippen LogP contribution in [-0.4, -0.2) is 54.6 Å². The summed E-state index contributed by atoms with van der Waals surface area (Å²) in [5, 5.41) is 7.15. The highest BCUT2D eigenvalue weighted by Gasteiger charge is 2.33. The lowest BCUT2D eigenvalue weighted by Crippen LogP contribution is -2.55. The fourth-order valence-electron chi connectivity index (χ4n) is 3.74. The molecule has 1 fully saturated rings. The molecule has 0 aromatic heterocycles. The maximum absolute atomic E-state index is 13.9. The van der Waals surface area contributed by atoms with Crippen LogP contribution in [0.1, 0.15) is 39.5 Å². The van der Waals surface area contributed by atoms with Gasteiger partial charge in [0.25, 0.3) is 0 Å². The SMILES string of the molecule is CC(C)C[C@H](NC(=O)C(N)=O)C(=O)N[C@@H](C[C@@H]1CCCNC1=O)C(=O)COc1c(F)c(F)cc(F)c1F. The van der Waals surface area contributed by atoms with Crippen molar-refractivity contribution in [3.8, 4) is 5.75 Å². The van der Waals surface area contributed by atoms with Gasteiger partial charge in [-0.2, -0.15) is 8.78 Å². The summed E-state index contributed by atoms with van der Waals surface area (Å²) >= 11 is 0. The largest absolute Gasteiger partial charge is 0.479 e. The summed E-state index contributed by atoms with van der Waals surface area (Å²) in [6.07, 6.45) is 0.773. The predicted molar refractivity (Wildman–Crippen MR) is 120 cm³/mol. The van der Waals surface area contributed by atoms with Crippen molar-refractivity contribution in [1.29, 1.82) is 0 Å². The lowest BCUT2D eigenvalue weighted by atomic mass is 9.90. The van der Waals surface area contributed by atoms with Crippen LogP contribution < -0.4 is 26.4 Å². The van der Waals surface area contributed by atoms with Gasteiger partial charge in [0.1, 0.15) is 12.6 Å². The number of rotatable bonds is 11. The van der Waals surface area contributed by atoms with Crippen LogP contribution in [0, 0.1) is 35.1 Å². The topological polar surface area (TPSA) is 157 Å². The average Bonchev–Trinajstić information content (AvgIpc) is 2.82. The number of hydrogen-bond donors (Lipinski definition) is 4. The van der Waals surface area contributed by atoms with E-state index in [0.29, 0.717) is 19.4 Å². The molecule has 0 saturated carbocycles. The molecule has 204 valence electrons. The maximum Gasteiger partial charge on any atom is 0.309 e. The summed E-state index contributed by atoms with van der Waals surface area (Å²) < 4.78 is 59.5. The third-order valence-electron chi connectivity index (χ3n) is 5.61. The van der Waals surface area contributed by atoms with Crippen LogP contribution in [0.15, 0.2) is 6.07 Å². The molecular weight excluding hydrogens is 504 g/mol. The minimum Gasteiger partial charge on any atom is -0.479 e. The van der Waals surface area contributed by atoms with Gasteiger partial charge in [0.05, 0.1) is 6.04 Å². The van der Waals surface area contributed by atoms with Gasteiger partial charge in [-0.3, -0.25) is 24.0 Å². The van der Waals surface area contributed by atoms with Crippen molar-refractivity contribution in [1.82, 2.24) is 16.0 Å². The van der Waals surface area contributed by atoms with Crippen molar-refractivity contribution in [3.63, 3.8) is 0 Å². The third-order valence-corrected chi connectivity index (χ3v) is 5.61. The average molecular weight is 532 g/mol. The fraction of sp³-hybridized carbons (Fsp3) is 0.522. The van der Waals surface area contributed by atoms with E-state index in [4.69, 9.17) is 10.5 Å². The number of benzene rings is 1. The number of amides is 4. The number of Topliss-reactive ketones (excluding diaryl/α,β-unsaturated/α-hetero) is 1. The molecule has 1 aromatic rings. The summed E-state index contributed by atoms with van der Waals surface area (Å²) in [6.45, 7) is 2.75. The Morgan fingerprint density at radius 1 is 1.08 bits per heavy atom. The van der Waals surface area contributed by atoms with Gasteiger partial charge in [0.2, 0.25) is 23.4 Å². The first-order valence-electron chi connectivity index (χ1n) is 11.5. The van der Waals surface area contributed by atoms with Gasteiger partial charge < -0.3 is 26.4 Å². The van der Waals surface area contributed by atoms with E-state index in [1.54, 1.807) is 13.8 Å². The number of nitrogens with one attached hydrogen (secondary N) is 3. The monoisotopic (exact) mass is 532 g/mol. The van der Waals surface area contributed by atoms with Crippen LogP contribution in [0.4, 0.5) is 17.6 Å². The second kappa shape index (κ2) is 13.0. The van der Waals surface area contributed by atoms with Gasteiger partial charge in [-0.1, -0.05) is 13.8 Å². The Bertz CT molecular complexity index is 1040. The van der Waals surface area contributed by atoms with Crippen LogP contribution in [0.3, 0.4) is 0 Å². The molecule has 1 aromatic carbocycles. The van der Waals surface area contributed by atoms with E-state index in [-0.39, 0.29) is 30.7 Å². The van der Waals surface area contributed by atoms with Crippen molar-refractivity contribution >= 4 is 29.4 Å². The van der Waals surface area contributed by atoms with E-state index in [0.717, 1.165) is 0 Å². The molecule has 0 bridgehead atoms. The van der Waals surface area contributed by atoms with Gasteiger partial charge >= 0.3 is 11.8 Å². The standard InChI is InChI=1S/C23H28F4N4O6/c1-10(2)6-15(31-23(36)20(28)33)22(35)30-14(7-11-4-3-5-29-21(11)34)16(32)9-37-19-17(26)12(24)8-13(25)18(19)27/h8,10-11,14-15H,3-7,9H2,1-2H3,(H2,28,33)(H,29,34)(H,30,35)(H,31,36)/t11-,14-,15-/m0/s1. The molecule has 1 heterocycles. The minimum absolute atomic E-state index is 0.0285. The maximum atomic E-state index is 13.9. The molecular formula is C23H28F4N4O6. The molecule has 10 nitrogen and oxygen atoms in total. The molecule has 0 radical (unpaired) electrons. The molecule has 1 aliphatic rings. The van der Waals surface area contributed by atoms with E-state index in [2.05, 4.69) is 16.0 Å². The van der Waals surface area contributed by atoms with Gasteiger partial charge in [0, 0.05) is 18.5 Å². The molecule has 14 heteroatoms. The van der Waals surface area contributed by atoms with Gasteiger partial charge in [-0.15, -0.1) is 0 Å². The molecule has 0 spiro atoms. The zero-order valence-corrected chi connectivity index (χ0v) is 20.2. The van der Waals surface area contributed by atoms with Crippen LogP contribution in [0.25, 0.3) is 0 Å². The number of hydrogen-bond acceptors (Lipinski definition) is 6. The molecule has 5 N–H and O–H groups in total. The first-order valence-corrected chi connectivity index (χ1v) is 11.5. The summed E-state index contributed by atoms with van der Waals surface area (Å²) in [7, 11) is 0. The highest BCUT2D eigenvalue weighted by atomic mass is 19.2. The Morgan fingerprint density at radius 3 is 2.24 bits per heavy atom. The molecule has 2 rings (SSSR count). The molecule has 3 atom stereocenters. The van der Waals surface area contributed by atoms with E-state index in [1.165, 1.54) is 0 Å². The summed E-state index contributed by atoms with van der Waals surface area (Å²) in [6, 6.07) is -2.77. The molecule has 4 amide bonds. The van der Waals surface area contributed by atoms with Crippen LogP contribution in [0.5, 0.6) is 5.75 Å². The van der Waals surface area contributed by atoms with Gasteiger partial charge in [-0.05, 0) is 31.6 Å². The zero-order valence-electron chi connectivity index (χ0n) is 20.2. The van der Waals surface area contributed by atoms with Crippen molar-refractivity contribution in [2.75, 3.05) is 13.2 Å². The van der Waals surface area contributed by atoms with Crippen LogP contribution in [-0.2, 0) is 24.0 Å². The number of halogens is 4. The zero-order chi connectivity index (χ0) is 27.9. The number of primary amides is 1. The number of ketones is 1. The predicted octanol–water partition coefficient (Wildman–Crippen LogP) is 0.608. The number of carbonyl (C=O) groups is 5. The normalized spacial score (nSPS) is 16.9. The van der Waals surface area contributed by atoms with Crippen molar-refractivity contribution in [2.24, 2.45) is 17.6 Å². The number of piperidine rings is 1. The van der Waals surface area contributed by atoms with Gasteiger partial charge in [0.15, 0.2) is 23.2 Å². The summed E-state index contributed by atoms with van der Waals surface area (Å²) in [5.41, 5.74) is 4.93. The molecule has 0 aliphatic carbocycles.